The second kappa shape index (κ2) is 1.73. The first kappa shape index (κ1) is 5.29. The summed E-state index contributed by atoms with van der Waals surface area (Å²) in [5.41, 5.74) is 0. The third kappa shape index (κ3) is 0.830. The molecular weight excluding hydrogens is 110 g/mol. The molecule has 3 atom stereocenters. The van der Waals surface area contributed by atoms with Crippen LogP contribution in [0.25, 0.3) is 0 Å². The van der Waals surface area contributed by atoms with E-state index in [-0.39, 0.29) is 0 Å². The maximum absolute atomic E-state index is 8.38. The molecule has 0 bridgehead atoms. The van der Waals surface area contributed by atoms with E-state index >= 15 is 0 Å². The van der Waals surface area contributed by atoms with Crippen molar-refractivity contribution in [3.05, 3.63) is 0 Å². The van der Waals surface area contributed by atoms with Crippen molar-refractivity contribution in [2.24, 2.45) is 17.8 Å². The second-order valence-electron chi connectivity index (χ2n) is 3.46. The Kier molecular flexibility index (Phi) is 1.02. The fraction of sp³-hybridized carbons (Fsp3) is 0.875. The molecule has 0 aromatic rings. The average Bonchev–Trinajstić information content (AvgIpc) is 2.42. The molecule has 0 saturated heterocycles. The van der Waals surface area contributed by atoms with Crippen molar-refractivity contribution in [1.29, 1.82) is 5.26 Å². The van der Waals surface area contributed by atoms with E-state index in [9.17, 15) is 0 Å². The number of hydrogen-bond acceptors (Lipinski definition) is 1. The Bertz CT molecular complexity index is 146. The van der Waals surface area contributed by atoms with E-state index in [0.29, 0.717) is 0 Å². The summed E-state index contributed by atoms with van der Waals surface area (Å²) in [4.78, 5) is 0. The van der Waals surface area contributed by atoms with Gasteiger partial charge < -0.3 is 0 Å². The van der Waals surface area contributed by atoms with E-state index in [1.165, 1.54) is 19.3 Å². The first-order valence-electron chi connectivity index (χ1n) is 3.77. The molecule has 0 aliphatic heterocycles. The fourth-order valence-electron chi connectivity index (χ4n) is 2.14. The van der Waals surface area contributed by atoms with Gasteiger partial charge in [-0.05, 0) is 37.0 Å². The molecule has 0 aromatic heterocycles. The van der Waals surface area contributed by atoms with Gasteiger partial charge in [-0.2, -0.15) is 5.26 Å². The Morgan fingerprint density at radius 1 is 1.22 bits per heavy atom. The van der Waals surface area contributed by atoms with Crippen LogP contribution in [0.15, 0.2) is 0 Å². The van der Waals surface area contributed by atoms with Crippen molar-refractivity contribution in [2.45, 2.75) is 25.7 Å². The van der Waals surface area contributed by atoms with Crippen LogP contribution < -0.4 is 0 Å². The van der Waals surface area contributed by atoms with Gasteiger partial charge in [0.05, 0.1) is 6.07 Å². The molecule has 0 amide bonds. The van der Waals surface area contributed by atoms with Crippen LogP contribution in [0.3, 0.4) is 0 Å². The summed E-state index contributed by atoms with van der Waals surface area (Å²) in [6.45, 7) is 0. The highest BCUT2D eigenvalue weighted by Gasteiger charge is 2.45. The summed E-state index contributed by atoms with van der Waals surface area (Å²) in [6, 6.07) is 2.25. The predicted molar refractivity (Wildman–Crippen MR) is 34.6 cm³/mol. The zero-order valence-corrected chi connectivity index (χ0v) is 5.51. The number of hydrogen-bond donors (Lipinski definition) is 0. The zero-order chi connectivity index (χ0) is 6.27. The highest BCUT2D eigenvalue weighted by atomic mass is 14.5. The van der Waals surface area contributed by atoms with E-state index in [1.54, 1.807) is 0 Å². The molecule has 1 unspecified atom stereocenters. The van der Waals surface area contributed by atoms with Gasteiger partial charge in [0.1, 0.15) is 0 Å². The summed E-state index contributed by atoms with van der Waals surface area (Å²) in [7, 11) is 0. The van der Waals surface area contributed by atoms with Gasteiger partial charge in [0.15, 0.2) is 0 Å². The molecule has 9 heavy (non-hydrogen) atoms. The number of fused-ring (bicyclic) bond motifs is 1. The quantitative estimate of drug-likeness (QED) is 0.520. The lowest BCUT2D eigenvalue weighted by molar-refractivity contribution is 0.498. The number of nitriles is 1. The smallest absolute Gasteiger partial charge is 0.0624 e. The van der Waals surface area contributed by atoms with Gasteiger partial charge in [-0.3, -0.25) is 0 Å². The van der Waals surface area contributed by atoms with Crippen molar-refractivity contribution in [1.82, 2.24) is 0 Å². The molecule has 48 valence electrons. The minimum Gasteiger partial charge on any atom is -0.198 e. The normalized spacial score (nSPS) is 45.9. The Balaban J connectivity index is 1.85. The maximum atomic E-state index is 8.38. The third-order valence-electron chi connectivity index (χ3n) is 2.72. The molecule has 2 saturated carbocycles. The third-order valence-corrected chi connectivity index (χ3v) is 2.72. The van der Waals surface area contributed by atoms with E-state index < -0.39 is 0 Å². The fourth-order valence-corrected chi connectivity index (χ4v) is 2.14. The predicted octanol–water partition coefficient (Wildman–Crippen LogP) is 1.95. The summed E-state index contributed by atoms with van der Waals surface area (Å²) >= 11 is 0. The van der Waals surface area contributed by atoms with E-state index in [2.05, 4.69) is 6.07 Å². The summed E-state index contributed by atoms with van der Waals surface area (Å²) in [5.74, 6) is 2.87. The van der Waals surface area contributed by atoms with Crippen LogP contribution in [0.1, 0.15) is 25.7 Å². The van der Waals surface area contributed by atoms with Gasteiger partial charge in [-0.1, -0.05) is 0 Å². The van der Waals surface area contributed by atoms with Gasteiger partial charge in [0.25, 0.3) is 0 Å². The SMILES string of the molecule is N#CCC1C[C@@H]2C[C@@H]2C1. The monoisotopic (exact) mass is 121 g/mol. The minimum atomic E-state index is 0.777. The molecule has 2 rings (SSSR count). The highest BCUT2D eigenvalue weighted by molar-refractivity contribution is 4.97. The van der Waals surface area contributed by atoms with Crippen molar-refractivity contribution >= 4 is 0 Å². The van der Waals surface area contributed by atoms with E-state index in [4.69, 9.17) is 5.26 Å². The molecule has 2 aliphatic carbocycles. The lowest BCUT2D eigenvalue weighted by atomic mass is 10.0. The summed E-state index contributed by atoms with van der Waals surface area (Å²) in [5, 5.41) is 8.38. The molecule has 1 heteroatoms. The van der Waals surface area contributed by atoms with E-state index in [1.807, 2.05) is 0 Å². The van der Waals surface area contributed by atoms with Crippen molar-refractivity contribution in [3.8, 4) is 6.07 Å². The first-order valence-corrected chi connectivity index (χ1v) is 3.77. The first-order chi connectivity index (χ1) is 4.40. The molecule has 2 fully saturated rings. The molecule has 0 radical (unpaired) electrons. The maximum Gasteiger partial charge on any atom is 0.0624 e. The number of nitrogens with zero attached hydrogens (tertiary/aromatic N) is 1. The van der Waals surface area contributed by atoms with Crippen molar-refractivity contribution in [3.63, 3.8) is 0 Å². The number of rotatable bonds is 1. The standard InChI is InChI=1S/C8H11N/c9-2-1-6-3-7-5-8(7)4-6/h6-8H,1,3-5H2/t6?,7-,8+. The molecular formula is C8H11N. The molecule has 0 N–H and O–H groups in total. The van der Waals surface area contributed by atoms with Crippen LogP contribution in [0, 0.1) is 29.1 Å². The Hall–Kier alpha value is -0.510. The average molecular weight is 121 g/mol. The van der Waals surface area contributed by atoms with Crippen molar-refractivity contribution < 1.29 is 0 Å². The Labute approximate surface area is 55.7 Å². The molecule has 2 aliphatic rings. The molecule has 0 aromatic carbocycles. The lowest BCUT2D eigenvalue weighted by Crippen LogP contribution is -1.93. The van der Waals surface area contributed by atoms with Crippen LogP contribution >= 0.6 is 0 Å². The lowest BCUT2D eigenvalue weighted by Gasteiger charge is -2.03. The van der Waals surface area contributed by atoms with Crippen LogP contribution in [-0.2, 0) is 0 Å². The van der Waals surface area contributed by atoms with Crippen LogP contribution in [0.4, 0.5) is 0 Å². The summed E-state index contributed by atoms with van der Waals surface area (Å²) in [6.07, 6.45) is 5.01. The van der Waals surface area contributed by atoms with E-state index in [0.717, 1.165) is 24.2 Å². The molecule has 1 nitrogen and oxygen atoms in total. The molecule has 0 spiro atoms. The Morgan fingerprint density at radius 3 is 2.44 bits per heavy atom. The van der Waals surface area contributed by atoms with Gasteiger partial charge in [0.2, 0.25) is 0 Å². The van der Waals surface area contributed by atoms with Gasteiger partial charge in [0, 0.05) is 6.42 Å². The second-order valence-corrected chi connectivity index (χ2v) is 3.46. The highest BCUT2D eigenvalue weighted by Crippen LogP contribution is 2.54. The largest absolute Gasteiger partial charge is 0.198 e. The Morgan fingerprint density at radius 2 is 1.89 bits per heavy atom. The van der Waals surface area contributed by atoms with Crippen LogP contribution in [-0.4, -0.2) is 0 Å². The van der Waals surface area contributed by atoms with Gasteiger partial charge in [-0.15, -0.1) is 0 Å². The van der Waals surface area contributed by atoms with Crippen molar-refractivity contribution in [2.75, 3.05) is 0 Å². The zero-order valence-electron chi connectivity index (χ0n) is 5.51. The summed E-state index contributed by atoms with van der Waals surface area (Å²) < 4.78 is 0. The molecule has 0 heterocycles. The van der Waals surface area contributed by atoms with Gasteiger partial charge >= 0.3 is 0 Å². The van der Waals surface area contributed by atoms with Gasteiger partial charge in [-0.25, -0.2) is 0 Å². The van der Waals surface area contributed by atoms with Crippen LogP contribution in [0.2, 0.25) is 0 Å². The topological polar surface area (TPSA) is 23.8 Å². The minimum absolute atomic E-state index is 0.777. The van der Waals surface area contributed by atoms with Crippen LogP contribution in [0.5, 0.6) is 0 Å².